The molecule has 0 aliphatic heterocycles. The van der Waals surface area contributed by atoms with Crippen molar-refractivity contribution >= 4 is 5.97 Å². The van der Waals surface area contributed by atoms with Crippen LogP contribution in [0.1, 0.15) is 42.5 Å². The van der Waals surface area contributed by atoms with Gasteiger partial charge in [-0.2, -0.15) is 0 Å². The third-order valence-corrected chi connectivity index (χ3v) is 4.12. The second-order valence-electron chi connectivity index (χ2n) is 5.95. The van der Waals surface area contributed by atoms with Crippen molar-refractivity contribution < 1.29 is 14.6 Å². The van der Waals surface area contributed by atoms with Crippen LogP contribution in [0.5, 0.6) is 5.75 Å². The molecule has 0 radical (unpaired) electrons. The summed E-state index contributed by atoms with van der Waals surface area (Å²) in [4.78, 5) is 13.2. The zero-order chi connectivity index (χ0) is 15.1. The van der Waals surface area contributed by atoms with E-state index in [-0.39, 0.29) is 5.56 Å². The van der Waals surface area contributed by atoms with Gasteiger partial charge in [0.25, 0.3) is 0 Å². The molecule has 0 unspecified atom stereocenters. The van der Waals surface area contributed by atoms with Crippen LogP contribution in [0.3, 0.4) is 0 Å². The Bertz CT molecular complexity index is 455. The molecule has 0 spiro atoms. The first kappa shape index (κ1) is 15.8. The molecular weight excluding hydrogens is 266 g/mol. The Kier molecular flexibility index (Phi) is 6.05. The van der Waals surface area contributed by atoms with Gasteiger partial charge in [-0.05, 0) is 44.0 Å². The van der Waals surface area contributed by atoms with E-state index in [1.807, 2.05) is 0 Å². The third kappa shape index (κ3) is 5.38. The number of hydrogen-bond acceptors (Lipinski definition) is 3. The molecule has 1 saturated carbocycles. The Morgan fingerprint density at radius 1 is 1.33 bits per heavy atom. The molecule has 1 aliphatic carbocycles. The molecule has 2 rings (SSSR count). The lowest BCUT2D eigenvalue weighted by Gasteiger charge is -2.26. The predicted octanol–water partition coefficient (Wildman–Crippen LogP) is 3.28. The molecule has 4 heteroatoms. The van der Waals surface area contributed by atoms with Gasteiger partial charge in [0.2, 0.25) is 0 Å². The van der Waals surface area contributed by atoms with E-state index in [4.69, 9.17) is 9.84 Å². The van der Waals surface area contributed by atoms with Crippen molar-refractivity contribution in [2.24, 2.45) is 5.92 Å². The molecule has 21 heavy (non-hydrogen) atoms. The zero-order valence-corrected chi connectivity index (χ0v) is 12.8. The molecule has 1 aliphatic rings. The number of aromatic carboxylic acids is 1. The minimum absolute atomic E-state index is 0.267. The van der Waals surface area contributed by atoms with Gasteiger partial charge in [-0.25, -0.2) is 4.79 Å². The molecule has 1 N–H and O–H groups in total. The van der Waals surface area contributed by atoms with Crippen molar-refractivity contribution in [3.8, 4) is 5.75 Å². The van der Waals surface area contributed by atoms with Crippen LogP contribution in [-0.4, -0.2) is 42.7 Å². The number of rotatable bonds is 7. The van der Waals surface area contributed by atoms with Crippen LogP contribution in [0, 0.1) is 5.92 Å². The molecular formula is C17H25NO3. The third-order valence-electron chi connectivity index (χ3n) is 4.12. The first-order valence-electron chi connectivity index (χ1n) is 7.80. The molecule has 1 aromatic rings. The van der Waals surface area contributed by atoms with E-state index in [1.165, 1.54) is 32.1 Å². The normalized spacial score (nSPS) is 16.1. The van der Waals surface area contributed by atoms with Crippen molar-refractivity contribution in [3.63, 3.8) is 0 Å². The fraction of sp³-hybridized carbons (Fsp3) is 0.588. The summed E-state index contributed by atoms with van der Waals surface area (Å²) in [5.74, 6) is 0.537. The zero-order valence-electron chi connectivity index (χ0n) is 12.8. The monoisotopic (exact) mass is 291 g/mol. The molecule has 0 aromatic heterocycles. The first-order valence-corrected chi connectivity index (χ1v) is 7.80. The highest BCUT2D eigenvalue weighted by atomic mass is 16.5. The number of likely N-dealkylation sites (N-methyl/N-ethyl adjacent to an activating group) is 1. The lowest BCUT2D eigenvalue weighted by Crippen LogP contribution is -2.30. The number of hydrogen-bond donors (Lipinski definition) is 1. The maximum Gasteiger partial charge on any atom is 0.335 e. The van der Waals surface area contributed by atoms with Gasteiger partial charge in [0.05, 0.1) is 5.56 Å². The molecule has 0 saturated heterocycles. The van der Waals surface area contributed by atoms with E-state index >= 15 is 0 Å². The fourth-order valence-electron chi connectivity index (χ4n) is 2.94. The highest BCUT2D eigenvalue weighted by Crippen LogP contribution is 2.24. The average molecular weight is 291 g/mol. The second kappa shape index (κ2) is 8.03. The Labute approximate surface area is 126 Å². The van der Waals surface area contributed by atoms with E-state index in [0.717, 1.165) is 19.0 Å². The number of carboxylic acids is 1. The van der Waals surface area contributed by atoms with Crippen molar-refractivity contribution in [1.82, 2.24) is 4.90 Å². The number of nitrogens with zero attached hydrogens (tertiary/aromatic N) is 1. The van der Waals surface area contributed by atoms with Crippen LogP contribution < -0.4 is 4.74 Å². The number of ether oxygens (including phenoxy) is 1. The van der Waals surface area contributed by atoms with E-state index in [0.29, 0.717) is 12.4 Å². The molecule has 4 nitrogen and oxygen atoms in total. The summed E-state index contributed by atoms with van der Waals surface area (Å²) in [6.07, 6.45) is 6.84. The molecule has 0 atom stereocenters. The Morgan fingerprint density at radius 3 is 2.81 bits per heavy atom. The number of benzene rings is 1. The second-order valence-corrected chi connectivity index (χ2v) is 5.95. The SMILES string of the molecule is CN(CCOc1cccc(C(=O)O)c1)CC1CCCCC1. The summed E-state index contributed by atoms with van der Waals surface area (Å²) < 4.78 is 5.65. The van der Waals surface area contributed by atoms with Crippen LogP contribution in [0.15, 0.2) is 24.3 Å². The average Bonchev–Trinajstić information content (AvgIpc) is 2.48. The summed E-state index contributed by atoms with van der Waals surface area (Å²) in [5, 5.41) is 8.94. The molecule has 0 bridgehead atoms. The lowest BCUT2D eigenvalue weighted by atomic mass is 9.89. The van der Waals surface area contributed by atoms with Crippen molar-refractivity contribution in [3.05, 3.63) is 29.8 Å². The van der Waals surface area contributed by atoms with Gasteiger partial charge in [0.1, 0.15) is 12.4 Å². The van der Waals surface area contributed by atoms with Gasteiger partial charge >= 0.3 is 5.97 Å². The molecule has 1 aromatic carbocycles. The summed E-state index contributed by atoms with van der Waals surface area (Å²) >= 11 is 0. The van der Waals surface area contributed by atoms with Crippen LogP contribution in [0.25, 0.3) is 0 Å². The van der Waals surface area contributed by atoms with Crippen LogP contribution in [0.4, 0.5) is 0 Å². The van der Waals surface area contributed by atoms with Gasteiger partial charge < -0.3 is 14.7 Å². The van der Waals surface area contributed by atoms with E-state index in [1.54, 1.807) is 24.3 Å². The van der Waals surface area contributed by atoms with Crippen LogP contribution >= 0.6 is 0 Å². The van der Waals surface area contributed by atoms with Gasteiger partial charge in [0, 0.05) is 13.1 Å². The van der Waals surface area contributed by atoms with Gasteiger partial charge in [-0.3, -0.25) is 0 Å². The van der Waals surface area contributed by atoms with E-state index in [2.05, 4.69) is 11.9 Å². The first-order chi connectivity index (χ1) is 10.1. The quantitative estimate of drug-likeness (QED) is 0.837. The van der Waals surface area contributed by atoms with Gasteiger partial charge in [-0.15, -0.1) is 0 Å². The predicted molar refractivity (Wildman–Crippen MR) is 83.0 cm³/mol. The smallest absolute Gasteiger partial charge is 0.335 e. The van der Waals surface area contributed by atoms with E-state index in [9.17, 15) is 4.79 Å². The number of carboxylic acid groups (broad SMARTS) is 1. The topological polar surface area (TPSA) is 49.8 Å². The van der Waals surface area contributed by atoms with Crippen molar-refractivity contribution in [1.29, 1.82) is 0 Å². The Morgan fingerprint density at radius 2 is 2.10 bits per heavy atom. The van der Waals surface area contributed by atoms with Crippen LogP contribution in [0.2, 0.25) is 0 Å². The van der Waals surface area contributed by atoms with Crippen LogP contribution in [-0.2, 0) is 0 Å². The highest BCUT2D eigenvalue weighted by molar-refractivity contribution is 5.87. The Hall–Kier alpha value is -1.55. The highest BCUT2D eigenvalue weighted by Gasteiger charge is 2.15. The molecule has 116 valence electrons. The van der Waals surface area contributed by atoms with Gasteiger partial charge in [-0.1, -0.05) is 25.3 Å². The molecule has 0 amide bonds. The molecule has 0 heterocycles. The standard InChI is InChI=1S/C17H25NO3/c1-18(13-14-6-3-2-4-7-14)10-11-21-16-9-5-8-15(12-16)17(19)20/h5,8-9,12,14H,2-4,6-7,10-11,13H2,1H3,(H,19,20). The largest absolute Gasteiger partial charge is 0.492 e. The summed E-state index contributed by atoms with van der Waals surface area (Å²) in [6.45, 7) is 2.60. The Balaban J connectivity index is 1.70. The lowest BCUT2D eigenvalue weighted by molar-refractivity contribution is 0.0696. The molecule has 1 fully saturated rings. The van der Waals surface area contributed by atoms with Gasteiger partial charge in [0.15, 0.2) is 0 Å². The maximum atomic E-state index is 10.9. The summed E-state index contributed by atoms with van der Waals surface area (Å²) in [6, 6.07) is 6.66. The number of carbonyl (C=O) groups is 1. The minimum atomic E-state index is -0.921. The minimum Gasteiger partial charge on any atom is -0.492 e. The van der Waals surface area contributed by atoms with E-state index < -0.39 is 5.97 Å². The maximum absolute atomic E-state index is 10.9. The van der Waals surface area contributed by atoms with Crippen molar-refractivity contribution in [2.45, 2.75) is 32.1 Å². The fourth-order valence-corrected chi connectivity index (χ4v) is 2.94. The summed E-state index contributed by atoms with van der Waals surface area (Å²) in [7, 11) is 2.13. The summed E-state index contributed by atoms with van der Waals surface area (Å²) in [5.41, 5.74) is 0.267. The van der Waals surface area contributed by atoms with Crippen molar-refractivity contribution in [2.75, 3.05) is 26.7 Å².